The fourth-order valence-corrected chi connectivity index (χ4v) is 5.17. The lowest BCUT2D eigenvalue weighted by atomic mass is 9.37. The summed E-state index contributed by atoms with van der Waals surface area (Å²) < 4.78 is 0. The summed E-state index contributed by atoms with van der Waals surface area (Å²) in [6.07, 6.45) is 0. The van der Waals surface area contributed by atoms with Crippen molar-refractivity contribution in [3.05, 3.63) is 57.6 Å². The first-order valence-electron chi connectivity index (χ1n) is 13.1. The fourth-order valence-electron chi connectivity index (χ4n) is 5.17. The second-order valence-electron chi connectivity index (χ2n) is 11.9. The van der Waals surface area contributed by atoms with Gasteiger partial charge in [0.05, 0.1) is 0 Å². The predicted molar refractivity (Wildman–Crippen MR) is 148 cm³/mol. The third-order valence-electron chi connectivity index (χ3n) is 7.22. The van der Waals surface area contributed by atoms with Crippen molar-refractivity contribution in [1.29, 1.82) is 0 Å². The minimum atomic E-state index is 0.391. The van der Waals surface area contributed by atoms with Gasteiger partial charge in [0.1, 0.15) is 0 Å². The van der Waals surface area contributed by atoms with Gasteiger partial charge in [-0.15, -0.1) is 0 Å². The molecule has 0 aliphatic rings. The van der Waals surface area contributed by atoms with Crippen LogP contribution in [0.1, 0.15) is 152 Å². The minimum absolute atomic E-state index is 0.391. The Balaban J connectivity index is 2.94. The number of hydrogen-bond acceptors (Lipinski definition) is 0. The zero-order valence-electron chi connectivity index (χ0n) is 23.4. The Hall–Kier alpha value is -1.50. The summed E-state index contributed by atoms with van der Waals surface area (Å²) in [6, 6.07) is 10.1. The Morgan fingerprint density at radius 2 is 0.625 bits per heavy atom. The van der Waals surface area contributed by atoms with Crippen molar-refractivity contribution in [2.24, 2.45) is 0 Å². The number of benzene rings is 2. The zero-order valence-corrected chi connectivity index (χ0v) is 23.4. The maximum absolute atomic E-state index is 2.51. The third kappa shape index (κ3) is 5.52. The van der Waals surface area contributed by atoms with Crippen molar-refractivity contribution in [3.8, 4) is 0 Å². The largest absolute Gasteiger partial charge is 0.207 e. The molecule has 0 amide bonds. The topological polar surface area (TPSA) is 0 Å². The molecule has 2 aromatic carbocycles. The van der Waals surface area contributed by atoms with Crippen molar-refractivity contribution in [1.82, 2.24) is 0 Å². The standard InChI is InChI=1S/C31H49B/c1-18(2)24-14-26(20(5)6)30(27(15-24)21(7)8)32(13)31-28(22(9)10)16-25(19(3)4)17-29(31)23(11)12/h14-23H,1-13H3. The van der Waals surface area contributed by atoms with Gasteiger partial charge in [0, 0.05) is 0 Å². The summed E-state index contributed by atoms with van der Waals surface area (Å²) in [7, 11) is 0. The van der Waals surface area contributed by atoms with E-state index in [0.717, 1.165) is 0 Å². The van der Waals surface area contributed by atoms with E-state index in [-0.39, 0.29) is 0 Å². The summed E-state index contributed by atoms with van der Waals surface area (Å²) >= 11 is 0. The lowest BCUT2D eigenvalue weighted by Gasteiger charge is -2.30. The van der Waals surface area contributed by atoms with Crippen molar-refractivity contribution >= 4 is 17.6 Å². The first kappa shape index (κ1) is 26.8. The fraction of sp³-hybridized carbons (Fsp3) is 0.613. The molecule has 0 unspecified atom stereocenters. The molecule has 0 spiro atoms. The minimum Gasteiger partial charge on any atom is -0.0774 e. The molecule has 0 saturated heterocycles. The smallest absolute Gasteiger partial charge is 0.0774 e. The van der Waals surface area contributed by atoms with Gasteiger partial charge in [-0.05, 0) is 68.9 Å². The molecule has 0 aliphatic carbocycles. The van der Waals surface area contributed by atoms with Crippen LogP contribution in [0.15, 0.2) is 24.3 Å². The highest BCUT2D eigenvalue weighted by Crippen LogP contribution is 2.30. The summed E-state index contributed by atoms with van der Waals surface area (Å²) in [5.41, 5.74) is 12.3. The molecule has 0 heterocycles. The van der Waals surface area contributed by atoms with E-state index in [1.807, 2.05) is 0 Å². The van der Waals surface area contributed by atoms with Crippen LogP contribution in [-0.2, 0) is 0 Å². The quantitative estimate of drug-likeness (QED) is 0.366. The van der Waals surface area contributed by atoms with E-state index in [1.54, 1.807) is 33.2 Å². The van der Waals surface area contributed by atoms with Crippen LogP contribution in [-0.4, -0.2) is 6.71 Å². The summed E-state index contributed by atoms with van der Waals surface area (Å²) in [5, 5.41) is 0. The zero-order chi connectivity index (χ0) is 24.5. The Morgan fingerprint density at radius 1 is 0.406 bits per heavy atom. The molecule has 0 saturated carbocycles. The molecule has 0 radical (unpaired) electrons. The molecule has 0 bridgehead atoms. The SMILES string of the molecule is CB(c1c(C(C)C)cc(C(C)C)cc1C(C)C)c1c(C(C)C)cc(C(C)C)cc1C(C)C. The molecule has 0 N–H and O–H groups in total. The first-order chi connectivity index (χ1) is 14.8. The molecule has 0 aromatic heterocycles. The highest BCUT2D eigenvalue weighted by molar-refractivity contribution is 6.85. The van der Waals surface area contributed by atoms with Crippen molar-refractivity contribution in [2.75, 3.05) is 0 Å². The van der Waals surface area contributed by atoms with Gasteiger partial charge in [-0.1, -0.05) is 125 Å². The average Bonchev–Trinajstić information content (AvgIpc) is 2.70. The molecule has 2 rings (SSSR count). The van der Waals surface area contributed by atoms with Gasteiger partial charge < -0.3 is 0 Å². The molecule has 176 valence electrons. The third-order valence-corrected chi connectivity index (χ3v) is 7.22. The molecule has 2 aromatic rings. The molecule has 0 nitrogen and oxygen atoms in total. The van der Waals surface area contributed by atoms with E-state index < -0.39 is 0 Å². The molecule has 32 heavy (non-hydrogen) atoms. The van der Waals surface area contributed by atoms with Gasteiger partial charge in [0.25, 0.3) is 0 Å². The second-order valence-corrected chi connectivity index (χ2v) is 11.9. The Morgan fingerprint density at radius 3 is 0.781 bits per heavy atom. The van der Waals surface area contributed by atoms with Crippen LogP contribution in [0.4, 0.5) is 0 Å². The van der Waals surface area contributed by atoms with E-state index in [9.17, 15) is 0 Å². The van der Waals surface area contributed by atoms with Crippen LogP contribution >= 0.6 is 0 Å². The van der Waals surface area contributed by atoms with E-state index in [4.69, 9.17) is 0 Å². The lowest BCUT2D eigenvalue weighted by Crippen LogP contribution is -2.47. The number of rotatable bonds is 8. The summed E-state index contributed by atoms with van der Waals surface area (Å²) in [5.74, 6) is 3.17. The Bertz CT molecular complexity index is 779. The second kappa shape index (κ2) is 10.6. The highest BCUT2D eigenvalue weighted by Gasteiger charge is 2.29. The van der Waals surface area contributed by atoms with Gasteiger partial charge in [-0.3, -0.25) is 0 Å². The van der Waals surface area contributed by atoms with E-state index >= 15 is 0 Å². The molecular formula is C31H49B. The van der Waals surface area contributed by atoms with Gasteiger partial charge in [-0.2, -0.15) is 0 Å². The molecule has 1 heteroatoms. The Labute approximate surface area is 200 Å². The van der Waals surface area contributed by atoms with Gasteiger partial charge in [-0.25, -0.2) is 0 Å². The van der Waals surface area contributed by atoms with Crippen molar-refractivity contribution in [2.45, 2.75) is 125 Å². The average molecular weight is 433 g/mol. The summed E-state index contributed by atoms with van der Waals surface area (Å²) in [6.45, 7) is 31.1. The summed E-state index contributed by atoms with van der Waals surface area (Å²) in [4.78, 5) is 0. The number of hydrogen-bond donors (Lipinski definition) is 0. The van der Waals surface area contributed by atoms with Crippen LogP contribution in [0.2, 0.25) is 6.82 Å². The van der Waals surface area contributed by atoms with Gasteiger partial charge in [0.2, 0.25) is 6.71 Å². The monoisotopic (exact) mass is 432 g/mol. The van der Waals surface area contributed by atoms with Crippen LogP contribution in [0.3, 0.4) is 0 Å². The molecular weight excluding hydrogens is 383 g/mol. The maximum atomic E-state index is 2.51. The first-order valence-corrected chi connectivity index (χ1v) is 13.1. The lowest BCUT2D eigenvalue weighted by molar-refractivity contribution is 0.809. The Kier molecular flexibility index (Phi) is 8.88. The molecule has 0 fully saturated rings. The van der Waals surface area contributed by atoms with Crippen LogP contribution < -0.4 is 10.9 Å². The van der Waals surface area contributed by atoms with Crippen LogP contribution in [0.5, 0.6) is 0 Å². The van der Waals surface area contributed by atoms with Gasteiger partial charge >= 0.3 is 0 Å². The molecule has 0 atom stereocenters. The molecule has 0 aliphatic heterocycles. The normalized spacial score (nSPS) is 12.3. The van der Waals surface area contributed by atoms with Crippen molar-refractivity contribution in [3.63, 3.8) is 0 Å². The van der Waals surface area contributed by atoms with Gasteiger partial charge in [0.15, 0.2) is 0 Å². The predicted octanol–water partition coefficient (Wildman–Crippen LogP) is 8.67. The van der Waals surface area contributed by atoms with Crippen LogP contribution in [0.25, 0.3) is 0 Å². The van der Waals surface area contributed by atoms with Crippen LogP contribution in [0, 0.1) is 0 Å². The van der Waals surface area contributed by atoms with E-state index in [2.05, 4.69) is 114 Å². The maximum Gasteiger partial charge on any atom is 0.207 e. The highest BCUT2D eigenvalue weighted by atomic mass is 14.2. The van der Waals surface area contributed by atoms with E-state index in [1.165, 1.54) is 11.1 Å². The van der Waals surface area contributed by atoms with Crippen molar-refractivity contribution < 1.29 is 0 Å². The van der Waals surface area contributed by atoms with E-state index in [0.29, 0.717) is 42.2 Å².